The molecule has 0 amide bonds. The van der Waals surface area contributed by atoms with Crippen molar-refractivity contribution in [3.8, 4) is 11.8 Å². The van der Waals surface area contributed by atoms with Gasteiger partial charge >= 0.3 is 0 Å². The topological polar surface area (TPSA) is 41.6 Å². The summed E-state index contributed by atoms with van der Waals surface area (Å²) in [6.45, 7) is 2.00. The molecule has 0 spiro atoms. The highest BCUT2D eigenvalue weighted by atomic mass is 15.0. The molecule has 0 saturated carbocycles. The van der Waals surface area contributed by atoms with Crippen LogP contribution in [0.15, 0.2) is 48.8 Å². The molecule has 2 aromatic heterocycles. The zero-order chi connectivity index (χ0) is 12.5. The zero-order valence-electron chi connectivity index (χ0n) is 9.96. The minimum atomic E-state index is 0.681. The van der Waals surface area contributed by atoms with E-state index in [0.717, 1.165) is 22.3 Å². The Labute approximate surface area is 105 Å². The van der Waals surface area contributed by atoms with Crippen LogP contribution in [-0.4, -0.2) is 9.55 Å². The molecule has 2 heterocycles. The van der Waals surface area contributed by atoms with E-state index in [4.69, 9.17) is 5.26 Å². The number of benzene rings is 1. The zero-order valence-corrected chi connectivity index (χ0v) is 9.96. The molecular formula is C15H11N3. The number of rotatable bonds is 1. The monoisotopic (exact) mass is 233 g/mol. The molecule has 3 heteroatoms. The molecule has 0 atom stereocenters. The van der Waals surface area contributed by atoms with Crippen molar-refractivity contribution in [2.45, 2.75) is 6.92 Å². The first-order chi connectivity index (χ1) is 8.79. The SMILES string of the molecule is Cc1cc(C#N)ccc1-n1ccc2cccnc21. The first-order valence-corrected chi connectivity index (χ1v) is 5.73. The van der Waals surface area contributed by atoms with Crippen LogP contribution in [0.1, 0.15) is 11.1 Å². The quantitative estimate of drug-likeness (QED) is 0.647. The van der Waals surface area contributed by atoms with Crippen LogP contribution in [0.3, 0.4) is 0 Å². The third-order valence-corrected chi connectivity index (χ3v) is 3.03. The third kappa shape index (κ3) is 1.56. The van der Waals surface area contributed by atoms with E-state index in [2.05, 4.69) is 11.1 Å². The van der Waals surface area contributed by atoms with Crippen molar-refractivity contribution >= 4 is 11.0 Å². The van der Waals surface area contributed by atoms with Crippen molar-refractivity contribution in [1.82, 2.24) is 9.55 Å². The Hall–Kier alpha value is -2.60. The summed E-state index contributed by atoms with van der Waals surface area (Å²) in [6.07, 6.45) is 3.80. The number of nitriles is 1. The third-order valence-electron chi connectivity index (χ3n) is 3.03. The molecule has 1 aromatic carbocycles. The molecule has 0 N–H and O–H groups in total. The second-order valence-electron chi connectivity index (χ2n) is 4.22. The van der Waals surface area contributed by atoms with Crippen LogP contribution in [0.2, 0.25) is 0 Å². The summed E-state index contributed by atoms with van der Waals surface area (Å²) in [4.78, 5) is 4.40. The first kappa shape index (κ1) is 10.5. The summed E-state index contributed by atoms with van der Waals surface area (Å²) in [5, 5.41) is 10.00. The Morgan fingerprint density at radius 3 is 2.89 bits per heavy atom. The lowest BCUT2D eigenvalue weighted by molar-refractivity contribution is 1.07. The molecular weight excluding hydrogens is 222 g/mol. The van der Waals surface area contributed by atoms with Gasteiger partial charge in [-0.2, -0.15) is 5.26 Å². The Kier molecular flexibility index (Phi) is 2.35. The molecule has 0 aliphatic heterocycles. The highest BCUT2D eigenvalue weighted by Gasteiger charge is 2.06. The van der Waals surface area contributed by atoms with Gasteiger partial charge in [0, 0.05) is 23.5 Å². The van der Waals surface area contributed by atoms with Crippen LogP contribution >= 0.6 is 0 Å². The molecule has 3 rings (SSSR count). The Balaban J connectivity index is 2.24. The number of nitrogens with zero attached hydrogens (tertiary/aromatic N) is 3. The van der Waals surface area contributed by atoms with Crippen LogP contribution in [-0.2, 0) is 0 Å². The standard InChI is InChI=1S/C15H11N3/c1-11-9-12(10-16)4-5-14(11)18-8-6-13-3-2-7-17-15(13)18/h2-9H,1H3. The normalized spacial score (nSPS) is 10.4. The molecule has 86 valence electrons. The summed E-state index contributed by atoms with van der Waals surface area (Å²) < 4.78 is 2.05. The average molecular weight is 233 g/mol. The minimum absolute atomic E-state index is 0.681. The molecule has 0 fully saturated rings. The van der Waals surface area contributed by atoms with Crippen LogP contribution in [0.25, 0.3) is 16.7 Å². The van der Waals surface area contributed by atoms with Gasteiger partial charge in [-0.05, 0) is 48.9 Å². The van der Waals surface area contributed by atoms with E-state index >= 15 is 0 Å². The predicted molar refractivity (Wildman–Crippen MR) is 70.5 cm³/mol. The first-order valence-electron chi connectivity index (χ1n) is 5.73. The van der Waals surface area contributed by atoms with Gasteiger partial charge < -0.3 is 4.57 Å². The van der Waals surface area contributed by atoms with Gasteiger partial charge in [-0.15, -0.1) is 0 Å². The summed E-state index contributed by atoms with van der Waals surface area (Å²) in [7, 11) is 0. The van der Waals surface area contributed by atoms with Crippen LogP contribution < -0.4 is 0 Å². The van der Waals surface area contributed by atoms with E-state index in [1.54, 1.807) is 6.20 Å². The average Bonchev–Trinajstić information content (AvgIpc) is 2.82. The fraction of sp³-hybridized carbons (Fsp3) is 0.0667. The van der Waals surface area contributed by atoms with Crippen molar-refractivity contribution in [2.24, 2.45) is 0 Å². The van der Waals surface area contributed by atoms with E-state index in [-0.39, 0.29) is 0 Å². The molecule has 0 radical (unpaired) electrons. The lowest BCUT2D eigenvalue weighted by atomic mass is 10.1. The molecule has 0 unspecified atom stereocenters. The maximum absolute atomic E-state index is 8.89. The summed E-state index contributed by atoms with van der Waals surface area (Å²) in [5.41, 5.74) is 3.74. The number of fused-ring (bicyclic) bond motifs is 1. The summed E-state index contributed by atoms with van der Waals surface area (Å²) in [6, 6.07) is 13.8. The van der Waals surface area contributed by atoms with Gasteiger partial charge in [0.05, 0.1) is 11.6 Å². The summed E-state index contributed by atoms with van der Waals surface area (Å²) in [5.74, 6) is 0. The van der Waals surface area contributed by atoms with E-state index in [9.17, 15) is 0 Å². The summed E-state index contributed by atoms with van der Waals surface area (Å²) >= 11 is 0. The lowest BCUT2D eigenvalue weighted by Gasteiger charge is -2.08. The fourth-order valence-electron chi connectivity index (χ4n) is 2.16. The van der Waals surface area contributed by atoms with Crippen molar-refractivity contribution in [3.63, 3.8) is 0 Å². The second kappa shape index (κ2) is 4.01. The van der Waals surface area contributed by atoms with Gasteiger partial charge in [0.2, 0.25) is 0 Å². The van der Waals surface area contributed by atoms with Crippen LogP contribution in [0, 0.1) is 18.3 Å². The maximum Gasteiger partial charge on any atom is 0.144 e. The predicted octanol–water partition coefficient (Wildman–Crippen LogP) is 3.21. The molecule has 18 heavy (non-hydrogen) atoms. The van der Waals surface area contributed by atoms with E-state index in [0.29, 0.717) is 5.56 Å². The van der Waals surface area contributed by atoms with E-state index in [1.807, 2.05) is 54.1 Å². The highest BCUT2D eigenvalue weighted by Crippen LogP contribution is 2.21. The van der Waals surface area contributed by atoms with Crippen LogP contribution in [0.5, 0.6) is 0 Å². The number of pyridine rings is 1. The molecule has 3 nitrogen and oxygen atoms in total. The van der Waals surface area contributed by atoms with Gasteiger partial charge in [-0.3, -0.25) is 0 Å². The maximum atomic E-state index is 8.89. The molecule has 3 aromatic rings. The largest absolute Gasteiger partial charge is 0.301 e. The molecule has 0 aliphatic carbocycles. The fourth-order valence-corrected chi connectivity index (χ4v) is 2.16. The number of aromatic nitrogens is 2. The Bertz CT molecular complexity index is 763. The van der Waals surface area contributed by atoms with Gasteiger partial charge in [-0.1, -0.05) is 0 Å². The van der Waals surface area contributed by atoms with Gasteiger partial charge in [0.1, 0.15) is 5.65 Å². The Morgan fingerprint density at radius 2 is 2.11 bits per heavy atom. The van der Waals surface area contributed by atoms with E-state index < -0.39 is 0 Å². The van der Waals surface area contributed by atoms with Crippen molar-refractivity contribution < 1.29 is 0 Å². The van der Waals surface area contributed by atoms with Gasteiger partial charge in [-0.25, -0.2) is 4.98 Å². The Morgan fingerprint density at radius 1 is 1.22 bits per heavy atom. The molecule has 0 bridgehead atoms. The number of hydrogen-bond donors (Lipinski definition) is 0. The van der Waals surface area contributed by atoms with Crippen molar-refractivity contribution in [2.75, 3.05) is 0 Å². The number of aryl methyl sites for hydroxylation is 1. The van der Waals surface area contributed by atoms with Crippen molar-refractivity contribution in [1.29, 1.82) is 5.26 Å². The highest BCUT2D eigenvalue weighted by molar-refractivity contribution is 5.78. The second-order valence-corrected chi connectivity index (χ2v) is 4.22. The van der Waals surface area contributed by atoms with Gasteiger partial charge in [0.15, 0.2) is 0 Å². The molecule has 0 saturated heterocycles. The molecule has 0 aliphatic rings. The minimum Gasteiger partial charge on any atom is -0.301 e. The smallest absolute Gasteiger partial charge is 0.144 e. The van der Waals surface area contributed by atoms with Crippen molar-refractivity contribution in [3.05, 3.63) is 59.9 Å². The van der Waals surface area contributed by atoms with Crippen LogP contribution in [0.4, 0.5) is 0 Å². The van der Waals surface area contributed by atoms with E-state index in [1.165, 1.54) is 0 Å². The number of hydrogen-bond acceptors (Lipinski definition) is 2. The van der Waals surface area contributed by atoms with Gasteiger partial charge in [0.25, 0.3) is 0 Å². The lowest BCUT2D eigenvalue weighted by Crippen LogP contribution is -1.96.